The van der Waals surface area contributed by atoms with Crippen molar-refractivity contribution in [2.75, 3.05) is 23.3 Å². The van der Waals surface area contributed by atoms with Crippen molar-refractivity contribution in [3.8, 4) is 0 Å². The topological polar surface area (TPSA) is 83.3 Å². The summed E-state index contributed by atoms with van der Waals surface area (Å²) in [5.41, 5.74) is 2.23. The van der Waals surface area contributed by atoms with Crippen LogP contribution in [0.25, 0.3) is 0 Å². The number of nitrogens with one attached hydrogen (secondary N) is 1. The van der Waals surface area contributed by atoms with Crippen LogP contribution in [0.15, 0.2) is 42.4 Å². The Morgan fingerprint density at radius 2 is 2.00 bits per heavy atom. The maximum Gasteiger partial charge on any atom is 0.352 e. The monoisotopic (exact) mass is 313 g/mol. The van der Waals surface area contributed by atoms with Crippen LogP contribution >= 0.6 is 0 Å². The molecule has 1 atom stereocenters. The first kappa shape index (κ1) is 15.1. The minimum absolute atomic E-state index is 0.114. The number of nitrogens with zero attached hydrogens (tertiary/aromatic N) is 4. The van der Waals surface area contributed by atoms with Crippen LogP contribution in [-0.2, 0) is 4.79 Å². The Morgan fingerprint density at radius 1 is 1.30 bits per heavy atom. The Bertz CT molecular complexity index is 731. The number of anilines is 2. The molecule has 2 aromatic rings. The lowest BCUT2D eigenvalue weighted by Crippen LogP contribution is -2.24. The van der Waals surface area contributed by atoms with Crippen molar-refractivity contribution in [1.29, 1.82) is 0 Å². The third-order valence-electron chi connectivity index (χ3n) is 4.00. The number of allylic oxidation sites excluding steroid dienone is 1. The SMILES string of the molecule is CCN(CC)c1ccc(C2C=C(C(=O)O)Nc3ncnn32)cc1. The van der Waals surface area contributed by atoms with Gasteiger partial charge < -0.3 is 15.3 Å². The molecule has 0 spiro atoms. The van der Waals surface area contributed by atoms with Crippen molar-refractivity contribution >= 4 is 17.6 Å². The Morgan fingerprint density at radius 3 is 2.61 bits per heavy atom. The molecule has 0 saturated heterocycles. The second kappa shape index (κ2) is 6.12. The predicted octanol–water partition coefficient (Wildman–Crippen LogP) is 2.11. The largest absolute Gasteiger partial charge is 0.477 e. The molecule has 0 radical (unpaired) electrons. The second-order valence-corrected chi connectivity index (χ2v) is 5.25. The van der Waals surface area contributed by atoms with Crippen LogP contribution in [0.2, 0.25) is 0 Å². The standard InChI is InChI=1S/C16H19N5O2/c1-3-20(4-2)12-7-5-11(6-8-12)14-9-13(15(22)23)19-16-17-10-18-21(14)16/h5-10,14H,3-4H2,1-2H3,(H,22,23)(H,17,18,19). The van der Waals surface area contributed by atoms with Crippen LogP contribution in [0.1, 0.15) is 25.5 Å². The van der Waals surface area contributed by atoms with Gasteiger partial charge in [-0.1, -0.05) is 12.1 Å². The Balaban J connectivity index is 1.96. The summed E-state index contributed by atoms with van der Waals surface area (Å²) >= 11 is 0. The van der Waals surface area contributed by atoms with Crippen molar-refractivity contribution in [3.63, 3.8) is 0 Å². The normalized spacial score (nSPS) is 16.3. The van der Waals surface area contributed by atoms with E-state index in [4.69, 9.17) is 0 Å². The maximum atomic E-state index is 11.3. The van der Waals surface area contributed by atoms with E-state index in [2.05, 4.69) is 46.3 Å². The van der Waals surface area contributed by atoms with E-state index >= 15 is 0 Å². The van der Waals surface area contributed by atoms with Crippen molar-refractivity contribution < 1.29 is 9.90 Å². The Labute approximate surface area is 134 Å². The number of carboxylic acid groups (broad SMARTS) is 1. The van der Waals surface area contributed by atoms with Gasteiger partial charge in [0.2, 0.25) is 5.95 Å². The molecule has 2 N–H and O–H groups in total. The van der Waals surface area contributed by atoms with Gasteiger partial charge in [-0.25, -0.2) is 9.48 Å². The predicted molar refractivity (Wildman–Crippen MR) is 87.5 cm³/mol. The fourth-order valence-corrected chi connectivity index (χ4v) is 2.77. The van der Waals surface area contributed by atoms with E-state index in [1.165, 1.54) is 6.33 Å². The molecular weight excluding hydrogens is 294 g/mol. The average Bonchev–Trinajstić information content (AvgIpc) is 3.04. The minimum atomic E-state index is -1.01. The fourth-order valence-electron chi connectivity index (χ4n) is 2.77. The lowest BCUT2D eigenvalue weighted by Gasteiger charge is -2.24. The lowest BCUT2D eigenvalue weighted by molar-refractivity contribution is -0.132. The van der Waals surface area contributed by atoms with Crippen LogP contribution in [0.3, 0.4) is 0 Å². The van der Waals surface area contributed by atoms with Crippen LogP contribution in [0.5, 0.6) is 0 Å². The number of aliphatic carboxylic acids is 1. The molecular formula is C16H19N5O2. The zero-order valence-electron chi connectivity index (χ0n) is 13.1. The third kappa shape index (κ3) is 2.77. The van der Waals surface area contributed by atoms with E-state index in [1.807, 2.05) is 12.1 Å². The molecule has 1 unspecified atom stereocenters. The average molecular weight is 313 g/mol. The summed E-state index contributed by atoms with van der Waals surface area (Å²) in [5.74, 6) is -0.577. The number of fused-ring (bicyclic) bond motifs is 1. The zero-order chi connectivity index (χ0) is 16.4. The van der Waals surface area contributed by atoms with Crippen LogP contribution < -0.4 is 10.2 Å². The number of hydrogen-bond donors (Lipinski definition) is 2. The number of carbonyl (C=O) groups is 1. The molecule has 0 bridgehead atoms. The van der Waals surface area contributed by atoms with Crippen LogP contribution in [0, 0.1) is 0 Å². The molecule has 120 valence electrons. The molecule has 7 heteroatoms. The van der Waals surface area contributed by atoms with Crippen molar-refractivity contribution in [3.05, 3.63) is 47.9 Å². The maximum absolute atomic E-state index is 11.3. The summed E-state index contributed by atoms with van der Waals surface area (Å²) < 4.78 is 1.68. The number of benzene rings is 1. The van der Waals surface area contributed by atoms with Crippen LogP contribution in [0.4, 0.5) is 11.6 Å². The van der Waals surface area contributed by atoms with E-state index in [-0.39, 0.29) is 11.7 Å². The first-order valence-corrected chi connectivity index (χ1v) is 7.60. The summed E-state index contributed by atoms with van der Waals surface area (Å²) in [6.45, 7) is 6.13. The van der Waals surface area contributed by atoms with E-state index in [1.54, 1.807) is 10.8 Å². The zero-order valence-corrected chi connectivity index (χ0v) is 13.1. The number of carboxylic acids is 1. The molecule has 2 heterocycles. The smallest absolute Gasteiger partial charge is 0.352 e. The highest BCUT2D eigenvalue weighted by atomic mass is 16.4. The van der Waals surface area contributed by atoms with Gasteiger partial charge in [-0.15, -0.1) is 0 Å². The van der Waals surface area contributed by atoms with Crippen molar-refractivity contribution in [2.45, 2.75) is 19.9 Å². The number of hydrogen-bond acceptors (Lipinski definition) is 5. The first-order valence-electron chi connectivity index (χ1n) is 7.60. The summed E-state index contributed by atoms with van der Waals surface area (Å²) in [4.78, 5) is 17.6. The summed E-state index contributed by atoms with van der Waals surface area (Å²) in [7, 11) is 0. The van der Waals surface area contributed by atoms with Crippen LogP contribution in [-0.4, -0.2) is 38.9 Å². The van der Waals surface area contributed by atoms with E-state index in [0.29, 0.717) is 5.95 Å². The molecule has 1 aliphatic rings. The third-order valence-corrected chi connectivity index (χ3v) is 4.00. The van der Waals surface area contributed by atoms with E-state index in [9.17, 15) is 9.90 Å². The molecule has 0 aliphatic carbocycles. The highest BCUT2D eigenvalue weighted by molar-refractivity contribution is 5.90. The number of rotatable bonds is 5. The number of aromatic nitrogens is 3. The van der Waals surface area contributed by atoms with Gasteiger partial charge in [0.05, 0.1) is 0 Å². The Hall–Kier alpha value is -2.83. The Kier molecular flexibility index (Phi) is 4.01. The second-order valence-electron chi connectivity index (χ2n) is 5.25. The molecule has 1 aromatic carbocycles. The van der Waals surface area contributed by atoms with Gasteiger partial charge in [0.25, 0.3) is 0 Å². The highest BCUT2D eigenvalue weighted by Gasteiger charge is 2.25. The molecule has 0 saturated carbocycles. The molecule has 7 nitrogen and oxygen atoms in total. The molecule has 0 fully saturated rings. The quantitative estimate of drug-likeness (QED) is 0.879. The van der Waals surface area contributed by atoms with Crippen molar-refractivity contribution in [1.82, 2.24) is 14.8 Å². The van der Waals surface area contributed by atoms with E-state index < -0.39 is 5.97 Å². The highest BCUT2D eigenvalue weighted by Crippen LogP contribution is 2.29. The molecule has 3 rings (SSSR count). The minimum Gasteiger partial charge on any atom is -0.477 e. The van der Waals surface area contributed by atoms with Gasteiger partial charge in [0, 0.05) is 18.8 Å². The van der Waals surface area contributed by atoms with Gasteiger partial charge in [0.1, 0.15) is 18.1 Å². The molecule has 23 heavy (non-hydrogen) atoms. The summed E-state index contributed by atoms with van der Waals surface area (Å²) in [5, 5.41) is 16.2. The lowest BCUT2D eigenvalue weighted by atomic mass is 10.0. The van der Waals surface area contributed by atoms with Crippen molar-refractivity contribution in [2.24, 2.45) is 0 Å². The summed E-state index contributed by atoms with van der Waals surface area (Å²) in [6, 6.07) is 7.83. The fraction of sp³-hybridized carbons (Fsp3) is 0.312. The van der Waals surface area contributed by atoms with Gasteiger partial charge in [-0.05, 0) is 37.6 Å². The first-order chi connectivity index (χ1) is 11.1. The van der Waals surface area contributed by atoms with Gasteiger partial charge in [-0.3, -0.25) is 0 Å². The van der Waals surface area contributed by atoms with Gasteiger partial charge in [-0.2, -0.15) is 10.1 Å². The summed E-state index contributed by atoms with van der Waals surface area (Å²) in [6.07, 6.45) is 3.06. The molecule has 0 amide bonds. The van der Waals surface area contributed by atoms with Gasteiger partial charge >= 0.3 is 5.97 Å². The van der Waals surface area contributed by atoms with Gasteiger partial charge in [0.15, 0.2) is 0 Å². The van der Waals surface area contributed by atoms with E-state index in [0.717, 1.165) is 24.3 Å². The molecule has 1 aliphatic heterocycles. The molecule has 1 aromatic heterocycles.